The maximum atomic E-state index is 14.0. The molecule has 2 atom stereocenters. The van der Waals surface area contributed by atoms with Crippen LogP contribution < -0.4 is 4.90 Å². The van der Waals surface area contributed by atoms with Crippen LogP contribution in [-0.4, -0.2) is 47.4 Å². The summed E-state index contributed by atoms with van der Waals surface area (Å²) in [6.07, 6.45) is 2.27. The zero-order chi connectivity index (χ0) is 19.6. The molecule has 0 bridgehead atoms. The highest BCUT2D eigenvalue weighted by Crippen LogP contribution is 2.30. The molecule has 6 nitrogen and oxygen atoms in total. The van der Waals surface area contributed by atoms with Crippen molar-refractivity contribution >= 4 is 23.5 Å². The van der Waals surface area contributed by atoms with E-state index in [4.69, 9.17) is 5.11 Å². The maximum Gasteiger partial charge on any atom is 0.303 e. The second kappa shape index (κ2) is 8.02. The van der Waals surface area contributed by atoms with Crippen molar-refractivity contribution < 1.29 is 28.3 Å². The number of anilines is 1. The van der Waals surface area contributed by atoms with Gasteiger partial charge in [0.15, 0.2) is 0 Å². The predicted molar refractivity (Wildman–Crippen MR) is 93.0 cm³/mol. The fourth-order valence-electron chi connectivity index (χ4n) is 3.89. The van der Waals surface area contributed by atoms with Gasteiger partial charge in [0.05, 0.1) is 11.6 Å². The Morgan fingerprint density at radius 2 is 2.00 bits per heavy atom. The normalized spacial score (nSPS) is 23.0. The summed E-state index contributed by atoms with van der Waals surface area (Å²) in [5.74, 6) is -3.36. The Kier molecular flexibility index (Phi) is 5.72. The lowest BCUT2D eigenvalue weighted by Gasteiger charge is -2.34. The monoisotopic (exact) mass is 380 g/mol. The van der Waals surface area contributed by atoms with Crippen molar-refractivity contribution in [2.45, 2.75) is 32.1 Å². The zero-order valence-electron chi connectivity index (χ0n) is 14.9. The van der Waals surface area contributed by atoms with E-state index in [1.54, 1.807) is 4.90 Å². The molecule has 0 aromatic heterocycles. The van der Waals surface area contributed by atoms with E-state index in [2.05, 4.69) is 0 Å². The van der Waals surface area contributed by atoms with Crippen LogP contribution in [0.3, 0.4) is 0 Å². The molecule has 1 aromatic rings. The van der Waals surface area contributed by atoms with Gasteiger partial charge in [-0.15, -0.1) is 0 Å². The standard InChI is InChI=1S/C19H22F2N2O4/c20-14-4-5-16(15(21)9-14)23-11-13(8-17(23)24)19(27)22-7-1-2-12(10-22)3-6-18(25)26/h4-5,9,12-13H,1-3,6-8,10-11H2,(H,25,26). The molecule has 146 valence electrons. The van der Waals surface area contributed by atoms with Gasteiger partial charge >= 0.3 is 5.97 Å². The van der Waals surface area contributed by atoms with Gasteiger partial charge in [-0.05, 0) is 37.3 Å². The van der Waals surface area contributed by atoms with Gasteiger partial charge in [0.1, 0.15) is 11.6 Å². The molecule has 1 N–H and O–H groups in total. The number of carboxylic acids is 1. The number of amides is 2. The highest BCUT2D eigenvalue weighted by atomic mass is 19.1. The van der Waals surface area contributed by atoms with Crippen LogP contribution in [0.2, 0.25) is 0 Å². The van der Waals surface area contributed by atoms with E-state index < -0.39 is 23.5 Å². The quantitative estimate of drug-likeness (QED) is 0.851. The first-order chi connectivity index (χ1) is 12.8. The van der Waals surface area contributed by atoms with Crippen molar-refractivity contribution in [1.29, 1.82) is 0 Å². The molecule has 8 heteroatoms. The van der Waals surface area contributed by atoms with E-state index in [1.165, 1.54) is 11.0 Å². The Labute approximate surface area is 155 Å². The SMILES string of the molecule is O=C(O)CCC1CCCN(C(=O)C2CC(=O)N(c3ccc(F)cc3F)C2)C1. The van der Waals surface area contributed by atoms with E-state index in [0.717, 1.165) is 25.0 Å². The van der Waals surface area contributed by atoms with Crippen molar-refractivity contribution in [2.24, 2.45) is 11.8 Å². The number of hydrogen-bond donors (Lipinski definition) is 1. The summed E-state index contributed by atoms with van der Waals surface area (Å²) in [5.41, 5.74) is -0.0188. The molecule has 2 heterocycles. The molecule has 2 fully saturated rings. The first-order valence-electron chi connectivity index (χ1n) is 9.11. The summed E-state index contributed by atoms with van der Waals surface area (Å²) in [4.78, 5) is 38.7. The predicted octanol–water partition coefficient (Wildman–Crippen LogP) is 2.42. The lowest BCUT2D eigenvalue weighted by molar-refractivity contribution is -0.138. The first kappa shape index (κ1) is 19.3. The van der Waals surface area contributed by atoms with Crippen LogP contribution in [0.4, 0.5) is 14.5 Å². The number of aliphatic carboxylic acids is 1. The third kappa shape index (κ3) is 4.43. The number of halogens is 2. The minimum absolute atomic E-state index is 0.00799. The Morgan fingerprint density at radius 1 is 1.22 bits per heavy atom. The molecule has 0 aliphatic carbocycles. The average molecular weight is 380 g/mol. The molecule has 27 heavy (non-hydrogen) atoms. The average Bonchev–Trinajstić information content (AvgIpc) is 3.01. The van der Waals surface area contributed by atoms with E-state index >= 15 is 0 Å². The number of hydrogen-bond acceptors (Lipinski definition) is 3. The van der Waals surface area contributed by atoms with Gasteiger partial charge in [0.2, 0.25) is 11.8 Å². The van der Waals surface area contributed by atoms with Crippen LogP contribution in [-0.2, 0) is 14.4 Å². The fraction of sp³-hybridized carbons (Fsp3) is 0.526. The summed E-state index contributed by atoms with van der Waals surface area (Å²) in [5, 5.41) is 8.82. The second-order valence-electron chi connectivity index (χ2n) is 7.23. The van der Waals surface area contributed by atoms with Crippen molar-refractivity contribution in [3.05, 3.63) is 29.8 Å². The molecule has 3 rings (SSSR count). The van der Waals surface area contributed by atoms with Crippen LogP contribution in [0.5, 0.6) is 0 Å². The highest BCUT2D eigenvalue weighted by molar-refractivity contribution is 6.00. The molecular formula is C19H22F2N2O4. The minimum atomic E-state index is -0.850. The molecule has 2 amide bonds. The summed E-state index contributed by atoms with van der Waals surface area (Å²) in [6.45, 7) is 1.14. The molecule has 0 spiro atoms. The summed E-state index contributed by atoms with van der Waals surface area (Å²) < 4.78 is 27.1. The molecule has 2 saturated heterocycles. The molecule has 2 aliphatic rings. The van der Waals surface area contributed by atoms with Gasteiger partial charge in [0, 0.05) is 38.5 Å². The Hall–Kier alpha value is -2.51. The molecule has 0 radical (unpaired) electrons. The number of rotatable bonds is 5. The minimum Gasteiger partial charge on any atom is -0.481 e. The largest absolute Gasteiger partial charge is 0.481 e. The highest BCUT2D eigenvalue weighted by Gasteiger charge is 2.39. The third-order valence-electron chi connectivity index (χ3n) is 5.27. The third-order valence-corrected chi connectivity index (χ3v) is 5.27. The van der Waals surface area contributed by atoms with Crippen molar-refractivity contribution in [3.63, 3.8) is 0 Å². The Bertz CT molecular complexity index is 755. The number of carbonyl (C=O) groups is 3. The summed E-state index contributed by atoms with van der Waals surface area (Å²) in [6, 6.07) is 3.01. The van der Waals surface area contributed by atoms with Gasteiger partial charge in [-0.25, -0.2) is 8.78 Å². The topological polar surface area (TPSA) is 77.9 Å². The van der Waals surface area contributed by atoms with Crippen molar-refractivity contribution in [2.75, 3.05) is 24.5 Å². The van der Waals surface area contributed by atoms with E-state index in [-0.39, 0.29) is 42.8 Å². The van der Waals surface area contributed by atoms with Gasteiger partial charge in [-0.2, -0.15) is 0 Å². The van der Waals surface area contributed by atoms with Crippen LogP contribution in [0.1, 0.15) is 32.1 Å². The Morgan fingerprint density at radius 3 is 2.70 bits per heavy atom. The van der Waals surface area contributed by atoms with Gasteiger partial charge in [-0.1, -0.05) is 0 Å². The second-order valence-corrected chi connectivity index (χ2v) is 7.23. The zero-order valence-corrected chi connectivity index (χ0v) is 14.9. The number of carbonyl (C=O) groups excluding carboxylic acids is 2. The fourth-order valence-corrected chi connectivity index (χ4v) is 3.89. The maximum absolute atomic E-state index is 14.0. The summed E-state index contributed by atoms with van der Waals surface area (Å²) >= 11 is 0. The number of likely N-dealkylation sites (tertiary alicyclic amines) is 1. The van der Waals surface area contributed by atoms with Gasteiger partial charge in [-0.3, -0.25) is 14.4 Å². The van der Waals surface area contributed by atoms with Gasteiger partial charge in [0.25, 0.3) is 0 Å². The van der Waals surface area contributed by atoms with Gasteiger partial charge < -0.3 is 14.9 Å². The first-order valence-corrected chi connectivity index (χ1v) is 9.11. The Balaban J connectivity index is 1.64. The van der Waals surface area contributed by atoms with Crippen LogP contribution in [0.15, 0.2) is 18.2 Å². The smallest absolute Gasteiger partial charge is 0.303 e. The lowest BCUT2D eigenvalue weighted by atomic mass is 9.92. The van der Waals surface area contributed by atoms with E-state index in [9.17, 15) is 23.2 Å². The molecule has 2 aliphatic heterocycles. The number of benzene rings is 1. The van der Waals surface area contributed by atoms with E-state index in [0.29, 0.717) is 19.5 Å². The summed E-state index contributed by atoms with van der Waals surface area (Å²) in [7, 11) is 0. The molecule has 0 saturated carbocycles. The number of piperidine rings is 1. The lowest BCUT2D eigenvalue weighted by Crippen LogP contribution is -2.43. The van der Waals surface area contributed by atoms with Crippen LogP contribution in [0.25, 0.3) is 0 Å². The van der Waals surface area contributed by atoms with Crippen molar-refractivity contribution in [1.82, 2.24) is 4.90 Å². The molecule has 1 aromatic carbocycles. The number of nitrogens with zero attached hydrogens (tertiary/aromatic N) is 2. The molecular weight excluding hydrogens is 358 g/mol. The van der Waals surface area contributed by atoms with E-state index in [1.807, 2.05) is 0 Å². The molecule has 2 unspecified atom stereocenters. The number of carboxylic acid groups (broad SMARTS) is 1. The van der Waals surface area contributed by atoms with Crippen LogP contribution in [0, 0.1) is 23.5 Å². The van der Waals surface area contributed by atoms with Crippen molar-refractivity contribution in [3.8, 4) is 0 Å². The van der Waals surface area contributed by atoms with Crippen LogP contribution >= 0.6 is 0 Å².